The monoisotopic (exact) mass is 311 g/mol. The van der Waals surface area contributed by atoms with Gasteiger partial charge in [0.25, 0.3) is 0 Å². The molecule has 4 heteroatoms. The van der Waals surface area contributed by atoms with Crippen molar-refractivity contribution < 1.29 is 14.4 Å². The Morgan fingerprint density at radius 1 is 0.909 bits per heavy atom. The number of ketones is 2. The zero-order valence-electron chi connectivity index (χ0n) is 15.5. The van der Waals surface area contributed by atoms with E-state index in [0.717, 1.165) is 0 Å². The van der Waals surface area contributed by atoms with E-state index in [2.05, 4.69) is 5.32 Å². The van der Waals surface area contributed by atoms with Gasteiger partial charge in [-0.15, -0.1) is 0 Å². The minimum Gasteiger partial charge on any atom is -0.349 e. The first-order chi connectivity index (χ1) is 9.78. The third-order valence-corrected chi connectivity index (χ3v) is 3.85. The predicted octanol–water partition coefficient (Wildman–Crippen LogP) is 3.39. The molecule has 0 aliphatic heterocycles. The molecule has 0 saturated heterocycles. The molecule has 22 heavy (non-hydrogen) atoms. The third-order valence-electron chi connectivity index (χ3n) is 3.85. The second kappa shape index (κ2) is 7.89. The number of rotatable bonds is 9. The molecule has 0 rings (SSSR count). The summed E-state index contributed by atoms with van der Waals surface area (Å²) in [6.07, 6.45) is 0.954. The summed E-state index contributed by atoms with van der Waals surface area (Å²) in [7, 11) is 0. The maximum atomic E-state index is 12.3. The zero-order valence-corrected chi connectivity index (χ0v) is 15.5. The van der Waals surface area contributed by atoms with Crippen molar-refractivity contribution in [3.05, 3.63) is 0 Å². The van der Waals surface area contributed by atoms with E-state index < -0.39 is 5.41 Å². The summed E-state index contributed by atoms with van der Waals surface area (Å²) in [4.78, 5) is 35.8. The van der Waals surface area contributed by atoms with Gasteiger partial charge in [-0.3, -0.25) is 14.4 Å². The SMILES string of the molecule is CC(C)C(=O)CNC(=O)CC(C)(C)CC(C)(C)C(=O)C(C)C. The van der Waals surface area contributed by atoms with Gasteiger partial charge in [-0.1, -0.05) is 55.4 Å². The molecule has 0 saturated carbocycles. The van der Waals surface area contributed by atoms with Gasteiger partial charge in [-0.25, -0.2) is 0 Å². The van der Waals surface area contributed by atoms with Crippen LogP contribution in [0.15, 0.2) is 0 Å². The van der Waals surface area contributed by atoms with E-state index in [9.17, 15) is 14.4 Å². The summed E-state index contributed by atoms with van der Waals surface area (Å²) in [6, 6.07) is 0. The van der Waals surface area contributed by atoms with Crippen LogP contribution in [0.1, 0.15) is 68.2 Å². The average Bonchev–Trinajstić information content (AvgIpc) is 2.32. The molecule has 0 spiro atoms. The van der Waals surface area contributed by atoms with E-state index in [1.165, 1.54) is 0 Å². The van der Waals surface area contributed by atoms with E-state index >= 15 is 0 Å². The molecule has 128 valence electrons. The van der Waals surface area contributed by atoms with E-state index in [4.69, 9.17) is 0 Å². The Morgan fingerprint density at radius 2 is 1.41 bits per heavy atom. The summed E-state index contributed by atoms with van der Waals surface area (Å²) >= 11 is 0. The van der Waals surface area contributed by atoms with Crippen molar-refractivity contribution in [2.75, 3.05) is 6.54 Å². The minimum atomic E-state index is -0.453. The van der Waals surface area contributed by atoms with Crippen LogP contribution in [-0.4, -0.2) is 24.0 Å². The van der Waals surface area contributed by atoms with Gasteiger partial charge in [-0.2, -0.15) is 0 Å². The Morgan fingerprint density at radius 3 is 1.82 bits per heavy atom. The zero-order chi connectivity index (χ0) is 17.7. The Labute approximate surface area is 135 Å². The molecule has 4 nitrogen and oxygen atoms in total. The van der Waals surface area contributed by atoms with Crippen molar-refractivity contribution in [2.45, 2.75) is 68.2 Å². The number of carbonyl (C=O) groups excluding carboxylic acids is 3. The van der Waals surface area contributed by atoms with E-state index in [1.54, 1.807) is 0 Å². The highest BCUT2D eigenvalue weighted by atomic mass is 16.2. The summed E-state index contributed by atoms with van der Waals surface area (Å²) in [5.41, 5.74) is -0.745. The number of nitrogens with one attached hydrogen (secondary N) is 1. The standard InChI is InChI=1S/C18H33NO3/c1-12(2)14(20)10-19-15(21)9-17(5,6)11-18(7,8)16(22)13(3)4/h12-13H,9-11H2,1-8H3,(H,19,21). The maximum absolute atomic E-state index is 12.3. The average molecular weight is 311 g/mol. The molecule has 0 heterocycles. The van der Waals surface area contributed by atoms with Crippen LogP contribution in [-0.2, 0) is 14.4 Å². The van der Waals surface area contributed by atoms with E-state index in [0.29, 0.717) is 12.8 Å². The van der Waals surface area contributed by atoms with E-state index in [1.807, 2.05) is 55.4 Å². The Bertz CT molecular complexity index is 420. The van der Waals surface area contributed by atoms with Crippen LogP contribution in [0, 0.1) is 22.7 Å². The minimum absolute atomic E-state index is 0.0108. The molecule has 0 bridgehead atoms. The van der Waals surface area contributed by atoms with Crippen molar-refractivity contribution in [2.24, 2.45) is 22.7 Å². The molecule has 1 N–H and O–H groups in total. The van der Waals surface area contributed by atoms with Crippen molar-refractivity contribution in [1.82, 2.24) is 5.32 Å². The highest BCUT2D eigenvalue weighted by Gasteiger charge is 2.36. The molecule has 0 atom stereocenters. The van der Waals surface area contributed by atoms with E-state index in [-0.39, 0.29) is 41.3 Å². The van der Waals surface area contributed by atoms with Gasteiger partial charge in [0.1, 0.15) is 5.78 Å². The van der Waals surface area contributed by atoms with Crippen molar-refractivity contribution in [1.29, 1.82) is 0 Å². The molecule has 0 aliphatic rings. The molecule has 0 aliphatic carbocycles. The largest absolute Gasteiger partial charge is 0.349 e. The summed E-state index contributed by atoms with van der Waals surface area (Å²) in [5, 5.41) is 2.68. The molecule has 0 aromatic carbocycles. The first-order valence-electron chi connectivity index (χ1n) is 8.12. The Balaban J connectivity index is 4.60. The lowest BCUT2D eigenvalue weighted by molar-refractivity contribution is -0.133. The molecule has 1 amide bonds. The lowest BCUT2D eigenvalue weighted by Crippen LogP contribution is -2.38. The highest BCUT2D eigenvalue weighted by Crippen LogP contribution is 2.38. The lowest BCUT2D eigenvalue weighted by atomic mass is 9.69. The van der Waals surface area contributed by atoms with Gasteiger partial charge in [-0.05, 0) is 11.8 Å². The molecular weight excluding hydrogens is 278 g/mol. The van der Waals surface area contributed by atoms with Crippen molar-refractivity contribution >= 4 is 17.5 Å². The second-order valence-corrected chi connectivity index (χ2v) is 8.32. The Hall–Kier alpha value is -1.19. The fourth-order valence-corrected chi connectivity index (χ4v) is 3.01. The number of hydrogen-bond donors (Lipinski definition) is 1. The van der Waals surface area contributed by atoms with Gasteiger partial charge < -0.3 is 5.32 Å². The van der Waals surface area contributed by atoms with Gasteiger partial charge in [0, 0.05) is 23.7 Å². The van der Waals surface area contributed by atoms with Crippen molar-refractivity contribution in [3.63, 3.8) is 0 Å². The molecule has 0 fully saturated rings. The highest BCUT2D eigenvalue weighted by molar-refractivity contribution is 5.87. The third kappa shape index (κ3) is 7.19. The van der Waals surface area contributed by atoms with Crippen LogP contribution in [0.2, 0.25) is 0 Å². The number of amides is 1. The number of hydrogen-bond acceptors (Lipinski definition) is 3. The van der Waals surface area contributed by atoms with Crippen LogP contribution in [0.3, 0.4) is 0 Å². The van der Waals surface area contributed by atoms with Gasteiger partial charge >= 0.3 is 0 Å². The summed E-state index contributed by atoms with van der Waals surface area (Å²) in [5.74, 6) is 0.0310. The fraction of sp³-hybridized carbons (Fsp3) is 0.833. The molecule has 0 radical (unpaired) electrons. The molecule has 0 aromatic rings. The number of Topliss-reactive ketones (excluding diaryl/α,β-unsaturated/α-hetero) is 2. The van der Waals surface area contributed by atoms with Crippen LogP contribution in [0.5, 0.6) is 0 Å². The van der Waals surface area contributed by atoms with Crippen LogP contribution < -0.4 is 5.32 Å². The summed E-state index contributed by atoms with van der Waals surface area (Å²) in [6.45, 7) is 15.4. The van der Waals surface area contributed by atoms with Gasteiger partial charge in [0.2, 0.25) is 5.91 Å². The first-order valence-corrected chi connectivity index (χ1v) is 8.12. The normalized spacial score (nSPS) is 12.6. The van der Waals surface area contributed by atoms with Crippen LogP contribution >= 0.6 is 0 Å². The van der Waals surface area contributed by atoms with Crippen molar-refractivity contribution in [3.8, 4) is 0 Å². The first kappa shape index (κ1) is 20.8. The predicted molar refractivity (Wildman–Crippen MR) is 89.5 cm³/mol. The summed E-state index contributed by atoms with van der Waals surface area (Å²) < 4.78 is 0. The second-order valence-electron chi connectivity index (χ2n) is 8.32. The van der Waals surface area contributed by atoms with Crippen LogP contribution in [0.4, 0.5) is 0 Å². The molecule has 0 aromatic heterocycles. The lowest BCUT2D eigenvalue weighted by Gasteiger charge is -2.34. The molecule has 0 unspecified atom stereocenters. The Kier molecular flexibility index (Phi) is 7.46. The number of carbonyl (C=O) groups is 3. The topological polar surface area (TPSA) is 63.2 Å². The van der Waals surface area contributed by atoms with Gasteiger partial charge in [0.15, 0.2) is 5.78 Å². The fourth-order valence-electron chi connectivity index (χ4n) is 3.01. The molecular formula is C18H33NO3. The maximum Gasteiger partial charge on any atom is 0.220 e. The smallest absolute Gasteiger partial charge is 0.220 e. The van der Waals surface area contributed by atoms with Gasteiger partial charge in [0.05, 0.1) is 6.54 Å². The quantitative estimate of drug-likeness (QED) is 0.710. The van der Waals surface area contributed by atoms with Crippen LogP contribution in [0.25, 0.3) is 0 Å².